The maximum atomic E-state index is 14.0. The Kier molecular flexibility index (Phi) is 7.30. The highest BCUT2D eigenvalue weighted by Crippen LogP contribution is 2.29. The van der Waals surface area contributed by atoms with Crippen molar-refractivity contribution in [1.82, 2.24) is 9.78 Å². The number of ether oxygens (including phenoxy) is 1. The Balaban J connectivity index is 1.40. The van der Waals surface area contributed by atoms with Gasteiger partial charge in [0.2, 0.25) is 0 Å². The first-order valence-corrected chi connectivity index (χ1v) is 11.3. The third kappa shape index (κ3) is 5.52. The number of nitrogens with zero attached hydrogens (tertiary/aromatic N) is 3. The summed E-state index contributed by atoms with van der Waals surface area (Å²) in [6.07, 6.45) is 0. The van der Waals surface area contributed by atoms with E-state index in [1.165, 1.54) is 24.3 Å². The molecule has 10 heteroatoms. The average Bonchev–Trinajstić information content (AvgIpc) is 3.12. The monoisotopic (exact) mass is 508 g/mol. The van der Waals surface area contributed by atoms with Gasteiger partial charge in [0.15, 0.2) is 0 Å². The molecule has 36 heavy (non-hydrogen) atoms. The van der Waals surface area contributed by atoms with Gasteiger partial charge in [0.1, 0.15) is 18.2 Å². The number of non-ortho nitro benzene ring substituents is 1. The van der Waals surface area contributed by atoms with Crippen molar-refractivity contribution < 1.29 is 18.8 Å². The number of benzene rings is 3. The van der Waals surface area contributed by atoms with Gasteiger partial charge in [-0.15, -0.1) is 0 Å². The molecule has 3 aromatic carbocycles. The number of rotatable bonds is 8. The van der Waals surface area contributed by atoms with Crippen LogP contribution in [0, 0.1) is 29.8 Å². The molecule has 1 heterocycles. The second-order valence-corrected chi connectivity index (χ2v) is 8.51. The zero-order valence-electron chi connectivity index (χ0n) is 19.5. The van der Waals surface area contributed by atoms with Crippen molar-refractivity contribution in [3.8, 4) is 5.75 Å². The molecule has 0 atom stereocenters. The molecule has 1 N–H and O–H groups in total. The molecule has 0 aliphatic rings. The number of nitrogens with one attached hydrogen (secondary N) is 1. The Morgan fingerprint density at radius 1 is 1.14 bits per heavy atom. The van der Waals surface area contributed by atoms with Gasteiger partial charge in [0.05, 0.1) is 33.6 Å². The molecule has 1 amide bonds. The number of nitro groups is 1. The highest BCUT2D eigenvalue weighted by atomic mass is 35.5. The van der Waals surface area contributed by atoms with Crippen LogP contribution in [0.1, 0.15) is 32.9 Å². The van der Waals surface area contributed by atoms with Gasteiger partial charge in [0.25, 0.3) is 11.6 Å². The fourth-order valence-electron chi connectivity index (χ4n) is 3.64. The van der Waals surface area contributed by atoms with Crippen molar-refractivity contribution >= 4 is 28.9 Å². The van der Waals surface area contributed by atoms with E-state index < -0.39 is 4.92 Å². The summed E-state index contributed by atoms with van der Waals surface area (Å²) in [5, 5.41) is 18.3. The van der Waals surface area contributed by atoms with Crippen LogP contribution in [0.4, 0.5) is 15.8 Å². The molecule has 8 nitrogen and oxygen atoms in total. The van der Waals surface area contributed by atoms with Gasteiger partial charge in [-0.1, -0.05) is 41.9 Å². The topological polar surface area (TPSA) is 99.3 Å². The van der Waals surface area contributed by atoms with E-state index in [2.05, 4.69) is 10.4 Å². The fourth-order valence-corrected chi connectivity index (χ4v) is 3.87. The summed E-state index contributed by atoms with van der Waals surface area (Å²) < 4.78 is 21.4. The first-order valence-electron chi connectivity index (χ1n) is 11.0. The molecule has 0 saturated carbocycles. The second-order valence-electron chi connectivity index (χ2n) is 8.11. The minimum absolute atomic E-state index is 0.119. The lowest BCUT2D eigenvalue weighted by Gasteiger charge is -2.10. The van der Waals surface area contributed by atoms with E-state index in [4.69, 9.17) is 16.3 Å². The molecule has 0 unspecified atom stereocenters. The number of aromatic nitrogens is 2. The highest BCUT2D eigenvalue weighted by molar-refractivity contribution is 6.32. The molecule has 0 spiro atoms. The minimum Gasteiger partial charge on any atom is -0.487 e. The molecule has 4 aromatic rings. The predicted molar refractivity (Wildman–Crippen MR) is 134 cm³/mol. The standard InChI is InChI=1S/C26H22ClFN4O4/c1-16-25(17(2)31(30-16)14-20-5-3-4-6-23(20)28)29-26(33)19-9-7-18(8-10-19)15-36-24-12-11-21(32(34)35)13-22(24)27/h3-13H,14-15H2,1-2H3,(H,29,33). The van der Waals surface area contributed by atoms with Crippen LogP contribution >= 0.6 is 11.6 Å². The Morgan fingerprint density at radius 2 is 1.86 bits per heavy atom. The lowest BCUT2D eigenvalue weighted by molar-refractivity contribution is -0.384. The molecule has 4 rings (SSSR count). The average molecular weight is 509 g/mol. The third-order valence-corrected chi connectivity index (χ3v) is 5.93. The van der Waals surface area contributed by atoms with Crippen molar-refractivity contribution in [2.75, 3.05) is 5.32 Å². The van der Waals surface area contributed by atoms with E-state index >= 15 is 0 Å². The number of amides is 1. The molecule has 0 aliphatic heterocycles. The molecule has 184 valence electrons. The Labute approximate surface area is 211 Å². The quantitative estimate of drug-likeness (QED) is 0.230. The Bertz CT molecular complexity index is 1440. The zero-order chi connectivity index (χ0) is 25.8. The summed E-state index contributed by atoms with van der Waals surface area (Å²) in [5.41, 5.74) is 3.53. The van der Waals surface area contributed by atoms with Crippen LogP contribution in [-0.4, -0.2) is 20.6 Å². The van der Waals surface area contributed by atoms with Gasteiger partial charge in [0, 0.05) is 23.3 Å². The molecule has 0 fully saturated rings. The van der Waals surface area contributed by atoms with Gasteiger partial charge >= 0.3 is 0 Å². The summed E-state index contributed by atoms with van der Waals surface area (Å²) in [7, 11) is 0. The summed E-state index contributed by atoms with van der Waals surface area (Å²) in [5.74, 6) is -0.296. The van der Waals surface area contributed by atoms with E-state index in [9.17, 15) is 19.3 Å². The van der Waals surface area contributed by atoms with E-state index in [0.29, 0.717) is 34.0 Å². The van der Waals surface area contributed by atoms with Gasteiger partial charge < -0.3 is 10.1 Å². The summed E-state index contributed by atoms with van der Waals surface area (Å²) in [6.45, 7) is 4.02. The SMILES string of the molecule is Cc1nn(Cc2ccccc2F)c(C)c1NC(=O)c1ccc(COc2ccc([N+](=O)[O-])cc2Cl)cc1. The number of halogens is 2. The minimum atomic E-state index is -0.531. The van der Waals surface area contributed by atoms with E-state index in [-0.39, 0.29) is 35.6 Å². The van der Waals surface area contributed by atoms with E-state index in [0.717, 1.165) is 5.56 Å². The molecule has 0 aliphatic carbocycles. The number of carbonyl (C=O) groups excluding carboxylic acids is 1. The maximum Gasteiger partial charge on any atom is 0.271 e. The van der Waals surface area contributed by atoms with Crippen molar-refractivity contribution in [1.29, 1.82) is 0 Å². The predicted octanol–water partition coefficient (Wildman–Crippen LogP) is 6.08. The Morgan fingerprint density at radius 3 is 2.53 bits per heavy atom. The summed E-state index contributed by atoms with van der Waals surface area (Å²) in [6, 6.07) is 17.3. The van der Waals surface area contributed by atoms with Crippen molar-refractivity contribution in [3.05, 3.63) is 116 Å². The van der Waals surface area contributed by atoms with Gasteiger partial charge in [-0.25, -0.2) is 4.39 Å². The van der Waals surface area contributed by atoms with Gasteiger partial charge in [-0.2, -0.15) is 5.10 Å². The fraction of sp³-hybridized carbons (Fsp3) is 0.154. The summed E-state index contributed by atoms with van der Waals surface area (Å²) >= 11 is 6.06. The lowest BCUT2D eigenvalue weighted by atomic mass is 10.1. The molecule has 0 radical (unpaired) electrons. The van der Waals surface area contributed by atoms with Crippen LogP contribution in [0.15, 0.2) is 66.7 Å². The van der Waals surface area contributed by atoms with E-state index in [1.807, 2.05) is 6.92 Å². The van der Waals surface area contributed by atoms with E-state index in [1.54, 1.807) is 54.1 Å². The van der Waals surface area contributed by atoms with Crippen molar-refractivity contribution in [2.45, 2.75) is 27.0 Å². The normalized spacial score (nSPS) is 10.8. The number of anilines is 1. The van der Waals surface area contributed by atoms with Gasteiger partial charge in [-0.3, -0.25) is 19.6 Å². The first-order chi connectivity index (χ1) is 17.2. The first kappa shape index (κ1) is 24.9. The number of hydrogen-bond donors (Lipinski definition) is 1. The largest absolute Gasteiger partial charge is 0.487 e. The molecular weight excluding hydrogens is 487 g/mol. The van der Waals surface area contributed by atoms with Crippen molar-refractivity contribution in [2.24, 2.45) is 0 Å². The molecule has 0 bridgehead atoms. The number of hydrogen-bond acceptors (Lipinski definition) is 5. The number of carbonyl (C=O) groups is 1. The molecular formula is C26H22ClFN4O4. The van der Waals surface area contributed by atoms with Gasteiger partial charge in [-0.05, 0) is 43.7 Å². The van der Waals surface area contributed by atoms with Crippen LogP contribution in [0.3, 0.4) is 0 Å². The number of nitro benzene ring substituents is 1. The number of aryl methyl sites for hydroxylation is 1. The Hall–Kier alpha value is -4.24. The third-order valence-electron chi connectivity index (χ3n) is 5.63. The van der Waals surface area contributed by atoms with Crippen molar-refractivity contribution in [3.63, 3.8) is 0 Å². The summed E-state index contributed by atoms with van der Waals surface area (Å²) in [4.78, 5) is 23.1. The smallest absolute Gasteiger partial charge is 0.271 e. The lowest BCUT2D eigenvalue weighted by Crippen LogP contribution is -2.13. The van der Waals surface area contributed by atoms with Crippen LogP contribution in [0.25, 0.3) is 0 Å². The second kappa shape index (κ2) is 10.6. The molecule has 0 saturated heterocycles. The highest BCUT2D eigenvalue weighted by Gasteiger charge is 2.17. The van der Waals surface area contributed by atoms with Crippen LogP contribution in [0.2, 0.25) is 5.02 Å². The van der Waals surface area contributed by atoms with Crippen LogP contribution < -0.4 is 10.1 Å². The molecule has 1 aromatic heterocycles. The van der Waals surface area contributed by atoms with Crippen LogP contribution in [0.5, 0.6) is 5.75 Å². The maximum absolute atomic E-state index is 14.0. The zero-order valence-corrected chi connectivity index (χ0v) is 20.3. The van der Waals surface area contributed by atoms with Crippen LogP contribution in [-0.2, 0) is 13.2 Å².